The standard InChI is InChI=1S/C11H11F2NO2/c1-2-16-10(15)5-3-4-8-6-9(12)11(13)14-7-8/h3-4,6-7H,2,5H2,1H3. The summed E-state index contributed by atoms with van der Waals surface area (Å²) in [4.78, 5) is 14.1. The van der Waals surface area contributed by atoms with Crippen molar-refractivity contribution in [3.8, 4) is 0 Å². The molecule has 0 bridgehead atoms. The minimum Gasteiger partial charge on any atom is -0.466 e. The molecule has 0 aromatic carbocycles. The molecule has 1 aromatic heterocycles. The van der Waals surface area contributed by atoms with Crippen LogP contribution in [0.25, 0.3) is 6.08 Å². The highest BCUT2D eigenvalue weighted by Crippen LogP contribution is 2.07. The average Bonchev–Trinajstić information content (AvgIpc) is 2.24. The van der Waals surface area contributed by atoms with Gasteiger partial charge in [-0.2, -0.15) is 4.39 Å². The predicted octanol–water partition coefficient (Wildman–Crippen LogP) is 2.33. The summed E-state index contributed by atoms with van der Waals surface area (Å²) in [5, 5.41) is 0. The Labute approximate surface area is 91.8 Å². The van der Waals surface area contributed by atoms with Gasteiger partial charge in [-0.25, -0.2) is 9.37 Å². The highest BCUT2D eigenvalue weighted by atomic mass is 19.2. The molecule has 0 unspecified atom stereocenters. The van der Waals surface area contributed by atoms with Gasteiger partial charge in [0.05, 0.1) is 13.0 Å². The summed E-state index contributed by atoms with van der Waals surface area (Å²) in [5.74, 6) is -2.52. The van der Waals surface area contributed by atoms with Crippen LogP contribution in [-0.2, 0) is 9.53 Å². The highest BCUT2D eigenvalue weighted by Gasteiger charge is 2.02. The molecule has 0 amide bonds. The number of carbonyl (C=O) groups excluding carboxylic acids is 1. The van der Waals surface area contributed by atoms with Gasteiger partial charge in [0.2, 0.25) is 5.95 Å². The Hall–Kier alpha value is -1.78. The normalized spacial score (nSPS) is 10.7. The molecule has 3 nitrogen and oxygen atoms in total. The molecule has 16 heavy (non-hydrogen) atoms. The Kier molecular flexibility index (Phi) is 4.57. The van der Waals surface area contributed by atoms with Crippen LogP contribution in [0.1, 0.15) is 18.9 Å². The van der Waals surface area contributed by atoms with E-state index in [-0.39, 0.29) is 12.4 Å². The molecule has 0 aliphatic rings. The number of hydrogen-bond donors (Lipinski definition) is 0. The number of pyridine rings is 1. The number of halogens is 2. The van der Waals surface area contributed by atoms with E-state index < -0.39 is 11.8 Å². The Morgan fingerprint density at radius 2 is 2.31 bits per heavy atom. The maximum atomic E-state index is 12.7. The largest absolute Gasteiger partial charge is 0.466 e. The molecule has 0 aliphatic heterocycles. The van der Waals surface area contributed by atoms with Crippen molar-refractivity contribution in [1.29, 1.82) is 0 Å². The van der Waals surface area contributed by atoms with Crippen molar-refractivity contribution < 1.29 is 18.3 Å². The number of ether oxygens (including phenoxy) is 1. The molecular weight excluding hydrogens is 216 g/mol. The molecule has 1 heterocycles. The van der Waals surface area contributed by atoms with Crippen LogP contribution < -0.4 is 0 Å². The first kappa shape index (κ1) is 12.3. The summed E-state index contributed by atoms with van der Waals surface area (Å²) in [6, 6.07) is 1.00. The molecule has 0 saturated carbocycles. The van der Waals surface area contributed by atoms with Gasteiger partial charge in [0.15, 0.2) is 5.82 Å². The van der Waals surface area contributed by atoms with E-state index >= 15 is 0 Å². The molecule has 0 spiro atoms. The Bertz CT molecular complexity index is 405. The van der Waals surface area contributed by atoms with Crippen molar-refractivity contribution >= 4 is 12.0 Å². The lowest BCUT2D eigenvalue weighted by atomic mass is 10.2. The number of esters is 1. The molecule has 1 aromatic rings. The molecule has 0 radical (unpaired) electrons. The molecule has 86 valence electrons. The first-order chi connectivity index (χ1) is 7.63. The van der Waals surface area contributed by atoms with E-state index in [1.807, 2.05) is 0 Å². The minimum absolute atomic E-state index is 0.0901. The average molecular weight is 227 g/mol. The van der Waals surface area contributed by atoms with Crippen LogP contribution in [0.15, 0.2) is 18.3 Å². The maximum Gasteiger partial charge on any atom is 0.309 e. The van der Waals surface area contributed by atoms with Crippen LogP contribution in [0.2, 0.25) is 0 Å². The Morgan fingerprint density at radius 1 is 1.56 bits per heavy atom. The number of aromatic nitrogens is 1. The topological polar surface area (TPSA) is 39.2 Å². The molecule has 1 rings (SSSR count). The van der Waals surface area contributed by atoms with Crippen LogP contribution in [-0.4, -0.2) is 17.6 Å². The van der Waals surface area contributed by atoms with Gasteiger partial charge >= 0.3 is 5.97 Å². The first-order valence-electron chi connectivity index (χ1n) is 4.76. The van der Waals surface area contributed by atoms with Gasteiger partial charge in [0.1, 0.15) is 0 Å². The van der Waals surface area contributed by atoms with Gasteiger partial charge in [-0.3, -0.25) is 4.79 Å². The Morgan fingerprint density at radius 3 is 2.94 bits per heavy atom. The second-order valence-electron chi connectivity index (χ2n) is 2.95. The summed E-state index contributed by atoms with van der Waals surface area (Å²) in [6.45, 7) is 2.03. The van der Waals surface area contributed by atoms with Gasteiger partial charge in [-0.15, -0.1) is 0 Å². The summed E-state index contributed by atoms with van der Waals surface area (Å²) in [5.41, 5.74) is 0.392. The minimum atomic E-state index is -1.14. The molecular formula is C11H11F2NO2. The summed E-state index contributed by atoms with van der Waals surface area (Å²) in [6.07, 6.45) is 4.26. The zero-order valence-corrected chi connectivity index (χ0v) is 8.74. The molecule has 0 N–H and O–H groups in total. The van der Waals surface area contributed by atoms with Crippen LogP contribution in [0.5, 0.6) is 0 Å². The fourth-order valence-electron chi connectivity index (χ4n) is 1.04. The first-order valence-corrected chi connectivity index (χ1v) is 4.76. The van der Waals surface area contributed by atoms with E-state index in [4.69, 9.17) is 0 Å². The van der Waals surface area contributed by atoms with E-state index in [1.165, 1.54) is 18.3 Å². The van der Waals surface area contributed by atoms with Crippen molar-refractivity contribution in [3.05, 3.63) is 35.7 Å². The highest BCUT2D eigenvalue weighted by molar-refractivity contribution is 5.72. The lowest BCUT2D eigenvalue weighted by molar-refractivity contribution is -0.142. The Balaban J connectivity index is 2.56. The van der Waals surface area contributed by atoms with Crippen LogP contribution in [0, 0.1) is 11.8 Å². The summed E-state index contributed by atoms with van der Waals surface area (Å²) in [7, 11) is 0. The third-order valence-corrected chi connectivity index (χ3v) is 1.72. The number of carbonyl (C=O) groups is 1. The van der Waals surface area contributed by atoms with Gasteiger partial charge in [0.25, 0.3) is 0 Å². The lowest BCUT2D eigenvalue weighted by Crippen LogP contribution is -2.01. The van der Waals surface area contributed by atoms with E-state index in [9.17, 15) is 13.6 Å². The number of rotatable bonds is 4. The van der Waals surface area contributed by atoms with Crippen molar-refractivity contribution in [2.75, 3.05) is 6.61 Å². The van der Waals surface area contributed by atoms with E-state index in [0.29, 0.717) is 12.2 Å². The van der Waals surface area contributed by atoms with E-state index in [0.717, 1.165) is 6.07 Å². The van der Waals surface area contributed by atoms with Gasteiger partial charge < -0.3 is 4.74 Å². The van der Waals surface area contributed by atoms with Gasteiger partial charge in [-0.05, 0) is 18.6 Å². The van der Waals surface area contributed by atoms with E-state index in [2.05, 4.69) is 9.72 Å². The smallest absolute Gasteiger partial charge is 0.309 e. The third kappa shape index (κ3) is 3.76. The zero-order valence-electron chi connectivity index (χ0n) is 8.74. The molecule has 0 atom stereocenters. The summed E-state index contributed by atoms with van der Waals surface area (Å²) < 4.78 is 29.9. The third-order valence-electron chi connectivity index (χ3n) is 1.72. The maximum absolute atomic E-state index is 12.7. The van der Waals surface area contributed by atoms with Crippen LogP contribution >= 0.6 is 0 Å². The van der Waals surface area contributed by atoms with Crippen LogP contribution in [0.4, 0.5) is 8.78 Å². The van der Waals surface area contributed by atoms with E-state index in [1.54, 1.807) is 6.92 Å². The molecule has 0 aliphatic carbocycles. The number of nitrogens with zero attached hydrogens (tertiary/aromatic N) is 1. The summed E-state index contributed by atoms with van der Waals surface area (Å²) >= 11 is 0. The zero-order chi connectivity index (χ0) is 12.0. The van der Waals surface area contributed by atoms with Crippen LogP contribution in [0.3, 0.4) is 0 Å². The van der Waals surface area contributed by atoms with Crippen molar-refractivity contribution in [2.24, 2.45) is 0 Å². The van der Waals surface area contributed by atoms with Crippen molar-refractivity contribution in [1.82, 2.24) is 4.98 Å². The number of hydrogen-bond acceptors (Lipinski definition) is 3. The monoisotopic (exact) mass is 227 g/mol. The van der Waals surface area contributed by atoms with Gasteiger partial charge in [0, 0.05) is 6.20 Å². The lowest BCUT2D eigenvalue weighted by Gasteiger charge is -1.97. The molecule has 0 saturated heterocycles. The predicted molar refractivity (Wildman–Crippen MR) is 54.4 cm³/mol. The van der Waals surface area contributed by atoms with Gasteiger partial charge in [-0.1, -0.05) is 12.2 Å². The molecule has 0 fully saturated rings. The van der Waals surface area contributed by atoms with Crippen molar-refractivity contribution in [3.63, 3.8) is 0 Å². The second kappa shape index (κ2) is 5.95. The fraction of sp³-hybridized carbons (Fsp3) is 0.273. The fourth-order valence-corrected chi connectivity index (χ4v) is 1.04. The molecule has 5 heteroatoms. The SMILES string of the molecule is CCOC(=O)CC=Cc1cnc(F)c(F)c1. The second-order valence-corrected chi connectivity index (χ2v) is 2.95. The quantitative estimate of drug-likeness (QED) is 0.585. The van der Waals surface area contributed by atoms with Crippen molar-refractivity contribution in [2.45, 2.75) is 13.3 Å².